The van der Waals surface area contributed by atoms with Crippen LogP contribution >= 0.6 is 0 Å². The molecule has 1 aromatic carbocycles. The summed E-state index contributed by atoms with van der Waals surface area (Å²) in [7, 11) is 0. The van der Waals surface area contributed by atoms with Gasteiger partial charge in [-0.1, -0.05) is 39.3 Å². The summed E-state index contributed by atoms with van der Waals surface area (Å²) >= 11 is 0. The van der Waals surface area contributed by atoms with Crippen molar-refractivity contribution < 1.29 is 14.3 Å². The molecule has 4 heteroatoms. The highest BCUT2D eigenvalue weighted by Gasteiger charge is 2.33. The number of rotatable bonds is 5. The van der Waals surface area contributed by atoms with E-state index in [1.54, 1.807) is 24.3 Å². The highest BCUT2D eigenvalue weighted by atomic mass is 16.6. The molecule has 23 heavy (non-hydrogen) atoms. The van der Waals surface area contributed by atoms with Crippen LogP contribution in [0.4, 0.5) is 0 Å². The fraction of sp³-hybridized carbons (Fsp3) is 0.579. The Hall–Kier alpha value is -2.02. The standard InChI is InChI=1S/C19H25NO3/c1-13(2)16-9-8-14(3)10-18(16)23-19(21)12-22-17-7-5-4-6-15(17)11-20/h4-7,13-14,16,18H,8-10,12H2,1-3H3/t14-,16+,18-/m1/s1. The molecule has 3 atom stereocenters. The molecular weight excluding hydrogens is 290 g/mol. The zero-order chi connectivity index (χ0) is 16.8. The molecule has 0 bridgehead atoms. The lowest BCUT2D eigenvalue weighted by Crippen LogP contribution is -2.37. The normalized spacial score (nSPS) is 24.0. The molecule has 1 fully saturated rings. The second kappa shape index (κ2) is 8.01. The molecule has 0 heterocycles. The zero-order valence-corrected chi connectivity index (χ0v) is 14.1. The van der Waals surface area contributed by atoms with Gasteiger partial charge in [-0.05, 0) is 42.7 Å². The van der Waals surface area contributed by atoms with Crippen molar-refractivity contribution in [3.63, 3.8) is 0 Å². The van der Waals surface area contributed by atoms with E-state index in [1.165, 1.54) is 6.42 Å². The molecule has 1 saturated carbocycles. The largest absolute Gasteiger partial charge is 0.481 e. The molecule has 0 spiro atoms. The second-order valence-corrected chi connectivity index (χ2v) is 6.75. The predicted molar refractivity (Wildman–Crippen MR) is 87.9 cm³/mol. The molecule has 0 N–H and O–H groups in total. The molecule has 0 aromatic heterocycles. The van der Waals surface area contributed by atoms with Crippen LogP contribution in [0.3, 0.4) is 0 Å². The van der Waals surface area contributed by atoms with E-state index in [-0.39, 0.29) is 18.7 Å². The van der Waals surface area contributed by atoms with Gasteiger partial charge in [0, 0.05) is 0 Å². The first-order chi connectivity index (χ1) is 11.0. The summed E-state index contributed by atoms with van der Waals surface area (Å²) < 4.78 is 11.1. The Morgan fingerprint density at radius 2 is 2.09 bits per heavy atom. The first-order valence-electron chi connectivity index (χ1n) is 8.32. The summed E-state index contributed by atoms with van der Waals surface area (Å²) in [5.41, 5.74) is 0.423. The Bertz CT molecular complexity index is 576. The molecule has 1 aliphatic carbocycles. The molecule has 0 unspecified atom stereocenters. The van der Waals surface area contributed by atoms with E-state index in [9.17, 15) is 4.79 Å². The molecule has 124 valence electrons. The molecule has 4 nitrogen and oxygen atoms in total. The Morgan fingerprint density at radius 3 is 2.78 bits per heavy atom. The van der Waals surface area contributed by atoms with Crippen LogP contribution in [0.25, 0.3) is 0 Å². The van der Waals surface area contributed by atoms with Crippen LogP contribution in [-0.2, 0) is 9.53 Å². The Morgan fingerprint density at radius 1 is 1.35 bits per heavy atom. The lowest BCUT2D eigenvalue weighted by molar-refractivity contribution is -0.158. The minimum absolute atomic E-state index is 0.0268. The summed E-state index contributed by atoms with van der Waals surface area (Å²) in [6, 6.07) is 8.94. The van der Waals surface area contributed by atoms with Gasteiger partial charge in [-0.3, -0.25) is 0 Å². The number of esters is 1. The Balaban J connectivity index is 1.92. The zero-order valence-electron chi connectivity index (χ0n) is 14.1. The quantitative estimate of drug-likeness (QED) is 0.772. The first-order valence-corrected chi connectivity index (χ1v) is 8.32. The van der Waals surface area contributed by atoms with Gasteiger partial charge in [0.15, 0.2) is 6.61 Å². The topological polar surface area (TPSA) is 59.3 Å². The summed E-state index contributed by atoms with van der Waals surface area (Å²) in [4.78, 5) is 12.1. The number of benzene rings is 1. The second-order valence-electron chi connectivity index (χ2n) is 6.75. The molecule has 1 aliphatic rings. The van der Waals surface area contributed by atoms with E-state index in [0.29, 0.717) is 29.1 Å². The van der Waals surface area contributed by atoms with E-state index in [2.05, 4.69) is 26.8 Å². The molecule has 0 saturated heterocycles. The third-order valence-corrected chi connectivity index (χ3v) is 4.60. The fourth-order valence-corrected chi connectivity index (χ4v) is 3.27. The van der Waals surface area contributed by atoms with Crippen LogP contribution in [0.1, 0.15) is 45.6 Å². The molecule has 2 rings (SSSR count). The van der Waals surface area contributed by atoms with Gasteiger partial charge in [0.1, 0.15) is 17.9 Å². The van der Waals surface area contributed by atoms with Gasteiger partial charge >= 0.3 is 5.97 Å². The number of para-hydroxylation sites is 1. The van der Waals surface area contributed by atoms with Crippen LogP contribution in [0, 0.1) is 29.1 Å². The van der Waals surface area contributed by atoms with Crippen molar-refractivity contribution in [2.24, 2.45) is 17.8 Å². The minimum Gasteiger partial charge on any atom is -0.481 e. The molecule has 1 aromatic rings. The van der Waals surface area contributed by atoms with Crippen molar-refractivity contribution in [1.82, 2.24) is 0 Å². The van der Waals surface area contributed by atoms with Gasteiger partial charge in [-0.25, -0.2) is 4.79 Å². The van der Waals surface area contributed by atoms with Crippen LogP contribution in [0.5, 0.6) is 5.75 Å². The average molecular weight is 315 g/mol. The summed E-state index contributed by atoms with van der Waals surface area (Å²) in [5, 5.41) is 9.02. The summed E-state index contributed by atoms with van der Waals surface area (Å²) in [6.45, 7) is 6.41. The van der Waals surface area contributed by atoms with Gasteiger partial charge in [0.05, 0.1) is 5.56 Å². The monoisotopic (exact) mass is 315 g/mol. The van der Waals surface area contributed by atoms with E-state index >= 15 is 0 Å². The van der Waals surface area contributed by atoms with Crippen molar-refractivity contribution >= 4 is 5.97 Å². The smallest absolute Gasteiger partial charge is 0.344 e. The van der Waals surface area contributed by atoms with Crippen LogP contribution in [0.2, 0.25) is 0 Å². The van der Waals surface area contributed by atoms with Crippen LogP contribution < -0.4 is 4.74 Å². The lowest BCUT2D eigenvalue weighted by atomic mass is 9.75. The van der Waals surface area contributed by atoms with E-state index in [4.69, 9.17) is 14.7 Å². The lowest BCUT2D eigenvalue weighted by Gasteiger charge is -2.36. The Labute approximate surface area is 138 Å². The summed E-state index contributed by atoms with van der Waals surface area (Å²) in [5.74, 6) is 1.57. The van der Waals surface area contributed by atoms with Gasteiger partial charge < -0.3 is 9.47 Å². The molecule has 0 radical (unpaired) electrons. The van der Waals surface area contributed by atoms with E-state index in [0.717, 1.165) is 12.8 Å². The van der Waals surface area contributed by atoms with Gasteiger partial charge in [0.25, 0.3) is 0 Å². The van der Waals surface area contributed by atoms with Gasteiger partial charge in [-0.15, -0.1) is 0 Å². The third kappa shape index (κ3) is 4.72. The summed E-state index contributed by atoms with van der Waals surface area (Å²) in [6.07, 6.45) is 3.20. The number of carbonyl (C=O) groups is 1. The molecule has 0 amide bonds. The first kappa shape index (κ1) is 17.3. The van der Waals surface area contributed by atoms with Crippen molar-refractivity contribution in [3.05, 3.63) is 29.8 Å². The maximum atomic E-state index is 12.1. The van der Waals surface area contributed by atoms with Crippen molar-refractivity contribution in [2.45, 2.75) is 46.1 Å². The van der Waals surface area contributed by atoms with Crippen molar-refractivity contribution in [3.8, 4) is 11.8 Å². The van der Waals surface area contributed by atoms with Crippen LogP contribution in [0.15, 0.2) is 24.3 Å². The SMILES string of the molecule is CC(C)[C@@H]1CC[C@@H](C)C[C@H]1OC(=O)COc1ccccc1C#N. The van der Waals surface area contributed by atoms with Gasteiger partial charge in [0.2, 0.25) is 0 Å². The molecular formula is C19H25NO3. The maximum Gasteiger partial charge on any atom is 0.344 e. The highest BCUT2D eigenvalue weighted by Crippen LogP contribution is 2.35. The number of nitriles is 1. The molecule has 0 aliphatic heterocycles. The fourth-order valence-electron chi connectivity index (χ4n) is 3.27. The number of ether oxygens (including phenoxy) is 2. The third-order valence-electron chi connectivity index (χ3n) is 4.60. The maximum absolute atomic E-state index is 12.1. The average Bonchev–Trinajstić information content (AvgIpc) is 2.53. The number of hydrogen-bond acceptors (Lipinski definition) is 4. The Kier molecular flexibility index (Phi) is 6.04. The van der Waals surface area contributed by atoms with Gasteiger partial charge in [-0.2, -0.15) is 5.26 Å². The van der Waals surface area contributed by atoms with E-state index < -0.39 is 0 Å². The minimum atomic E-state index is -0.359. The van der Waals surface area contributed by atoms with E-state index in [1.807, 2.05) is 0 Å². The number of carbonyl (C=O) groups excluding carboxylic acids is 1. The van der Waals surface area contributed by atoms with Crippen molar-refractivity contribution in [1.29, 1.82) is 5.26 Å². The number of nitrogens with zero attached hydrogens (tertiary/aromatic N) is 1. The van der Waals surface area contributed by atoms with Crippen LogP contribution in [-0.4, -0.2) is 18.7 Å². The predicted octanol–water partition coefficient (Wildman–Crippen LogP) is 3.94. The highest BCUT2D eigenvalue weighted by molar-refractivity contribution is 5.71. The van der Waals surface area contributed by atoms with Crippen molar-refractivity contribution in [2.75, 3.05) is 6.61 Å². The number of hydrogen-bond donors (Lipinski definition) is 0.